The fraction of sp³-hybridized carbons (Fsp3) is 0.375. The average Bonchev–Trinajstić information content (AvgIpc) is 3.09. The minimum atomic E-state index is 0.518. The number of hydrazine groups is 1. The standard InChI is InChI=1S/C16H20N4O/c1-21-13-8-4-7-12(9-13)16-18-14(10-15(19-16)20-17)11-5-2-3-6-11/h4,7-11H,2-3,5-6,17H2,1H3,(H,18,19,20). The summed E-state index contributed by atoms with van der Waals surface area (Å²) in [6, 6.07) is 9.73. The van der Waals surface area contributed by atoms with Crippen molar-refractivity contribution in [3.05, 3.63) is 36.0 Å². The number of benzene rings is 1. The summed E-state index contributed by atoms with van der Waals surface area (Å²) in [5.74, 6) is 8.21. The van der Waals surface area contributed by atoms with Gasteiger partial charge in [-0.3, -0.25) is 0 Å². The van der Waals surface area contributed by atoms with E-state index >= 15 is 0 Å². The summed E-state index contributed by atoms with van der Waals surface area (Å²) in [5, 5.41) is 0. The molecular formula is C16H20N4O. The van der Waals surface area contributed by atoms with Crippen LogP contribution >= 0.6 is 0 Å². The Morgan fingerprint density at radius 2 is 2.00 bits per heavy atom. The number of ether oxygens (including phenoxy) is 1. The van der Waals surface area contributed by atoms with Crippen LogP contribution in [0.3, 0.4) is 0 Å². The van der Waals surface area contributed by atoms with Gasteiger partial charge >= 0.3 is 0 Å². The maximum absolute atomic E-state index is 5.56. The van der Waals surface area contributed by atoms with Crippen molar-refractivity contribution in [2.75, 3.05) is 12.5 Å². The molecule has 0 amide bonds. The molecule has 0 unspecified atom stereocenters. The van der Waals surface area contributed by atoms with Crippen molar-refractivity contribution in [3.63, 3.8) is 0 Å². The molecule has 0 bridgehead atoms. The topological polar surface area (TPSA) is 73.1 Å². The van der Waals surface area contributed by atoms with Gasteiger partial charge in [0.2, 0.25) is 0 Å². The van der Waals surface area contributed by atoms with E-state index < -0.39 is 0 Å². The molecule has 1 aromatic heterocycles. The number of hydrogen-bond donors (Lipinski definition) is 2. The second kappa shape index (κ2) is 6.10. The molecule has 1 saturated carbocycles. The first-order chi connectivity index (χ1) is 10.3. The Bertz CT molecular complexity index is 623. The van der Waals surface area contributed by atoms with Gasteiger partial charge in [-0.15, -0.1) is 0 Å². The lowest BCUT2D eigenvalue weighted by Gasteiger charge is -2.12. The van der Waals surface area contributed by atoms with Gasteiger partial charge in [0.25, 0.3) is 0 Å². The fourth-order valence-electron chi connectivity index (χ4n) is 2.86. The van der Waals surface area contributed by atoms with E-state index in [4.69, 9.17) is 15.6 Å². The van der Waals surface area contributed by atoms with Gasteiger partial charge in [-0.1, -0.05) is 25.0 Å². The quantitative estimate of drug-likeness (QED) is 0.666. The van der Waals surface area contributed by atoms with E-state index in [1.54, 1.807) is 7.11 Å². The van der Waals surface area contributed by atoms with Crippen LogP contribution in [0.2, 0.25) is 0 Å². The minimum Gasteiger partial charge on any atom is -0.497 e. The normalized spacial score (nSPS) is 15.1. The van der Waals surface area contributed by atoms with Gasteiger partial charge in [-0.2, -0.15) is 0 Å². The highest BCUT2D eigenvalue weighted by molar-refractivity contribution is 5.59. The molecule has 0 radical (unpaired) electrons. The van der Waals surface area contributed by atoms with Crippen molar-refractivity contribution in [1.82, 2.24) is 9.97 Å². The van der Waals surface area contributed by atoms with Crippen LogP contribution in [0.5, 0.6) is 5.75 Å². The van der Waals surface area contributed by atoms with Crippen LogP contribution in [0.1, 0.15) is 37.3 Å². The Kier molecular flexibility index (Phi) is 4.01. The van der Waals surface area contributed by atoms with Crippen molar-refractivity contribution in [2.24, 2.45) is 5.84 Å². The predicted molar refractivity (Wildman–Crippen MR) is 83.0 cm³/mol. The Morgan fingerprint density at radius 1 is 1.19 bits per heavy atom. The number of methoxy groups -OCH3 is 1. The van der Waals surface area contributed by atoms with Crippen LogP contribution in [0.25, 0.3) is 11.4 Å². The highest BCUT2D eigenvalue weighted by atomic mass is 16.5. The number of nitrogens with one attached hydrogen (secondary N) is 1. The Morgan fingerprint density at radius 3 is 2.71 bits per heavy atom. The number of anilines is 1. The average molecular weight is 284 g/mol. The van der Waals surface area contributed by atoms with E-state index in [9.17, 15) is 0 Å². The summed E-state index contributed by atoms with van der Waals surface area (Å²) in [4.78, 5) is 9.21. The van der Waals surface area contributed by atoms with Crippen LogP contribution < -0.4 is 16.0 Å². The molecule has 0 atom stereocenters. The Labute approximate surface area is 124 Å². The third-order valence-electron chi connectivity index (χ3n) is 4.00. The zero-order valence-electron chi connectivity index (χ0n) is 12.2. The Hall–Kier alpha value is -2.14. The van der Waals surface area contributed by atoms with Crippen molar-refractivity contribution in [2.45, 2.75) is 31.6 Å². The third kappa shape index (κ3) is 2.97. The first kappa shape index (κ1) is 13.8. The van der Waals surface area contributed by atoms with Gasteiger partial charge in [0.1, 0.15) is 11.6 Å². The Balaban J connectivity index is 2.02. The number of nitrogens with zero attached hydrogens (tertiary/aromatic N) is 2. The molecule has 0 saturated heterocycles. The van der Waals surface area contributed by atoms with Crippen LogP contribution in [0, 0.1) is 0 Å². The molecule has 1 aromatic carbocycles. The summed E-state index contributed by atoms with van der Waals surface area (Å²) in [6.45, 7) is 0. The summed E-state index contributed by atoms with van der Waals surface area (Å²) in [7, 11) is 1.65. The zero-order valence-corrected chi connectivity index (χ0v) is 12.2. The first-order valence-corrected chi connectivity index (χ1v) is 7.30. The third-order valence-corrected chi connectivity index (χ3v) is 4.00. The molecule has 5 heteroatoms. The lowest BCUT2D eigenvalue weighted by molar-refractivity contribution is 0.415. The molecule has 110 valence electrons. The molecule has 2 aromatic rings. The molecule has 1 heterocycles. The van der Waals surface area contributed by atoms with Crippen LogP contribution in [-0.2, 0) is 0 Å². The van der Waals surface area contributed by atoms with Crippen molar-refractivity contribution in [1.29, 1.82) is 0 Å². The summed E-state index contributed by atoms with van der Waals surface area (Å²) >= 11 is 0. The van der Waals surface area contributed by atoms with E-state index in [-0.39, 0.29) is 0 Å². The van der Waals surface area contributed by atoms with Crippen molar-refractivity contribution in [3.8, 4) is 17.1 Å². The van der Waals surface area contributed by atoms with Gasteiger partial charge in [0.05, 0.1) is 7.11 Å². The smallest absolute Gasteiger partial charge is 0.161 e. The van der Waals surface area contributed by atoms with E-state index in [0.29, 0.717) is 17.6 Å². The van der Waals surface area contributed by atoms with Gasteiger partial charge in [-0.25, -0.2) is 15.8 Å². The maximum Gasteiger partial charge on any atom is 0.161 e. The number of aromatic nitrogens is 2. The summed E-state index contributed by atoms with van der Waals surface area (Å²) in [6.07, 6.45) is 4.93. The monoisotopic (exact) mass is 284 g/mol. The number of nitrogens with two attached hydrogens (primary N) is 1. The fourth-order valence-corrected chi connectivity index (χ4v) is 2.86. The summed E-state index contributed by atoms with van der Waals surface area (Å²) in [5.41, 5.74) is 4.66. The largest absolute Gasteiger partial charge is 0.497 e. The lowest BCUT2D eigenvalue weighted by atomic mass is 10.0. The first-order valence-electron chi connectivity index (χ1n) is 7.30. The van der Waals surface area contributed by atoms with Crippen molar-refractivity contribution >= 4 is 5.82 Å². The zero-order chi connectivity index (χ0) is 14.7. The molecule has 1 fully saturated rings. The molecule has 1 aliphatic rings. The van der Waals surface area contributed by atoms with Crippen LogP contribution in [-0.4, -0.2) is 17.1 Å². The highest BCUT2D eigenvalue weighted by Crippen LogP contribution is 2.34. The van der Waals surface area contributed by atoms with Crippen molar-refractivity contribution < 1.29 is 4.74 Å². The number of hydrogen-bond acceptors (Lipinski definition) is 5. The number of rotatable bonds is 4. The van der Waals surface area contributed by atoms with E-state index in [1.807, 2.05) is 30.3 Å². The van der Waals surface area contributed by atoms with Gasteiger partial charge < -0.3 is 10.2 Å². The highest BCUT2D eigenvalue weighted by Gasteiger charge is 2.20. The van der Waals surface area contributed by atoms with E-state index in [2.05, 4.69) is 10.4 Å². The molecule has 3 N–H and O–H groups in total. The molecule has 3 rings (SSSR count). The molecule has 0 aliphatic heterocycles. The molecule has 21 heavy (non-hydrogen) atoms. The SMILES string of the molecule is COc1cccc(-c2nc(NN)cc(C3CCCC3)n2)c1. The van der Waals surface area contributed by atoms with E-state index in [1.165, 1.54) is 25.7 Å². The van der Waals surface area contributed by atoms with Crippen LogP contribution in [0.4, 0.5) is 5.82 Å². The number of nitrogen functional groups attached to an aromatic ring is 1. The van der Waals surface area contributed by atoms with Gasteiger partial charge in [0.15, 0.2) is 5.82 Å². The molecular weight excluding hydrogens is 264 g/mol. The lowest BCUT2D eigenvalue weighted by Crippen LogP contribution is -2.11. The minimum absolute atomic E-state index is 0.518. The molecule has 0 spiro atoms. The van der Waals surface area contributed by atoms with Crippen LogP contribution in [0.15, 0.2) is 30.3 Å². The second-order valence-corrected chi connectivity index (χ2v) is 5.36. The second-order valence-electron chi connectivity index (χ2n) is 5.36. The maximum atomic E-state index is 5.56. The summed E-state index contributed by atoms with van der Waals surface area (Å²) < 4.78 is 5.27. The van der Waals surface area contributed by atoms with E-state index in [0.717, 1.165) is 17.0 Å². The molecule has 5 nitrogen and oxygen atoms in total. The predicted octanol–water partition coefficient (Wildman–Crippen LogP) is 3.10. The van der Waals surface area contributed by atoms with Gasteiger partial charge in [0, 0.05) is 23.2 Å². The molecule has 1 aliphatic carbocycles. The van der Waals surface area contributed by atoms with Gasteiger partial charge in [-0.05, 0) is 25.0 Å².